The predicted molar refractivity (Wildman–Crippen MR) is 113 cm³/mol. The van der Waals surface area contributed by atoms with Crippen LogP contribution >= 0.6 is 11.8 Å². The standard InChI is InChI=1S/C23H32O4S/c1-14(24)15-10-8-11-16(21(2,3)25)19(15)28-20-17(22(4,5)26)12-9-13-18(20)23(6,7)27/h8-14,24-27H,1-7H3/t14-/m1/s1. The van der Waals surface area contributed by atoms with Gasteiger partial charge in [-0.1, -0.05) is 48.2 Å². The fourth-order valence-electron chi connectivity index (χ4n) is 3.19. The second-order valence-electron chi connectivity index (χ2n) is 8.86. The minimum Gasteiger partial charge on any atom is -0.389 e. The molecule has 1 atom stereocenters. The number of aliphatic hydroxyl groups is 4. The van der Waals surface area contributed by atoms with Gasteiger partial charge in [0.05, 0.1) is 22.9 Å². The van der Waals surface area contributed by atoms with E-state index in [1.807, 2.05) is 36.4 Å². The van der Waals surface area contributed by atoms with Crippen molar-refractivity contribution in [2.45, 2.75) is 81.2 Å². The molecule has 5 heteroatoms. The molecule has 4 nitrogen and oxygen atoms in total. The Morgan fingerprint density at radius 3 is 1.39 bits per heavy atom. The van der Waals surface area contributed by atoms with E-state index >= 15 is 0 Å². The van der Waals surface area contributed by atoms with Gasteiger partial charge in [0.1, 0.15) is 0 Å². The summed E-state index contributed by atoms with van der Waals surface area (Å²) in [6.45, 7) is 11.9. The zero-order valence-electron chi connectivity index (χ0n) is 17.7. The third kappa shape index (κ3) is 4.97. The largest absolute Gasteiger partial charge is 0.389 e. The van der Waals surface area contributed by atoms with Gasteiger partial charge in [0.15, 0.2) is 0 Å². The number of benzene rings is 2. The van der Waals surface area contributed by atoms with Gasteiger partial charge in [-0.25, -0.2) is 0 Å². The van der Waals surface area contributed by atoms with Crippen LogP contribution in [0.25, 0.3) is 0 Å². The highest BCUT2D eigenvalue weighted by molar-refractivity contribution is 7.99. The molecule has 2 rings (SSSR count). The number of hydrogen-bond acceptors (Lipinski definition) is 5. The van der Waals surface area contributed by atoms with Gasteiger partial charge in [0.25, 0.3) is 0 Å². The van der Waals surface area contributed by atoms with Crippen LogP contribution in [-0.2, 0) is 16.8 Å². The third-order valence-electron chi connectivity index (χ3n) is 4.69. The molecular weight excluding hydrogens is 372 g/mol. The Morgan fingerprint density at radius 1 is 0.679 bits per heavy atom. The Morgan fingerprint density at radius 2 is 1.04 bits per heavy atom. The smallest absolute Gasteiger partial charge is 0.0851 e. The molecule has 0 radical (unpaired) electrons. The van der Waals surface area contributed by atoms with E-state index in [4.69, 9.17) is 0 Å². The fraction of sp³-hybridized carbons (Fsp3) is 0.478. The van der Waals surface area contributed by atoms with Gasteiger partial charge >= 0.3 is 0 Å². The maximum Gasteiger partial charge on any atom is 0.0851 e. The van der Waals surface area contributed by atoms with Crippen LogP contribution in [0, 0.1) is 0 Å². The fourth-order valence-corrected chi connectivity index (χ4v) is 5.04. The first-order chi connectivity index (χ1) is 12.6. The summed E-state index contributed by atoms with van der Waals surface area (Å²) in [7, 11) is 0. The van der Waals surface area contributed by atoms with Crippen molar-refractivity contribution in [3.63, 3.8) is 0 Å². The highest BCUT2D eigenvalue weighted by Gasteiger charge is 2.31. The van der Waals surface area contributed by atoms with Gasteiger partial charge in [-0.2, -0.15) is 0 Å². The molecule has 154 valence electrons. The van der Waals surface area contributed by atoms with Crippen LogP contribution in [0.15, 0.2) is 46.2 Å². The van der Waals surface area contributed by atoms with E-state index in [2.05, 4.69) is 0 Å². The predicted octanol–water partition coefficient (Wildman–Crippen LogP) is 4.57. The van der Waals surface area contributed by atoms with Gasteiger partial charge in [0.2, 0.25) is 0 Å². The lowest BCUT2D eigenvalue weighted by atomic mass is 9.91. The van der Waals surface area contributed by atoms with Crippen molar-refractivity contribution in [3.05, 3.63) is 58.7 Å². The van der Waals surface area contributed by atoms with Gasteiger partial charge in [-0.05, 0) is 70.7 Å². The van der Waals surface area contributed by atoms with Gasteiger partial charge in [-0.15, -0.1) is 0 Å². The van der Waals surface area contributed by atoms with E-state index < -0.39 is 22.9 Å². The molecule has 2 aromatic carbocycles. The number of rotatable bonds is 6. The van der Waals surface area contributed by atoms with Crippen LogP contribution in [0.4, 0.5) is 0 Å². The molecule has 0 amide bonds. The van der Waals surface area contributed by atoms with Crippen LogP contribution in [0.1, 0.15) is 76.8 Å². The Balaban J connectivity index is 2.83. The molecular formula is C23H32O4S. The first-order valence-corrected chi connectivity index (χ1v) is 10.3. The average molecular weight is 405 g/mol. The second-order valence-corrected chi connectivity index (χ2v) is 9.88. The van der Waals surface area contributed by atoms with E-state index in [1.165, 1.54) is 11.8 Å². The SMILES string of the molecule is C[C@@H](O)c1cccc(C(C)(C)O)c1Sc1c(C(C)(C)O)cccc1C(C)(C)O. The molecule has 0 heterocycles. The van der Waals surface area contributed by atoms with Crippen molar-refractivity contribution in [3.8, 4) is 0 Å². The Hall–Kier alpha value is -1.37. The van der Waals surface area contributed by atoms with E-state index in [-0.39, 0.29) is 0 Å². The Labute approximate surface area is 172 Å². The zero-order valence-corrected chi connectivity index (χ0v) is 18.6. The van der Waals surface area contributed by atoms with Crippen LogP contribution < -0.4 is 0 Å². The van der Waals surface area contributed by atoms with Crippen molar-refractivity contribution in [1.29, 1.82) is 0 Å². The lowest BCUT2D eigenvalue weighted by Crippen LogP contribution is -2.23. The monoisotopic (exact) mass is 404 g/mol. The van der Waals surface area contributed by atoms with Crippen molar-refractivity contribution in [2.24, 2.45) is 0 Å². The molecule has 2 aromatic rings. The minimum atomic E-state index is -1.13. The van der Waals surface area contributed by atoms with E-state index in [1.54, 1.807) is 48.5 Å². The van der Waals surface area contributed by atoms with Gasteiger partial charge in [0, 0.05) is 9.79 Å². The van der Waals surface area contributed by atoms with E-state index in [0.29, 0.717) is 22.3 Å². The highest BCUT2D eigenvalue weighted by Crippen LogP contribution is 2.46. The molecule has 0 spiro atoms. The topological polar surface area (TPSA) is 80.9 Å². The Bertz CT molecular complexity index is 805. The van der Waals surface area contributed by atoms with Crippen LogP contribution in [-0.4, -0.2) is 20.4 Å². The molecule has 0 saturated heterocycles. The van der Waals surface area contributed by atoms with Gasteiger partial charge in [-0.3, -0.25) is 0 Å². The maximum absolute atomic E-state index is 10.8. The van der Waals surface area contributed by atoms with Crippen LogP contribution in [0.2, 0.25) is 0 Å². The quantitative estimate of drug-likeness (QED) is 0.567. The molecule has 0 fully saturated rings. The molecule has 0 aliphatic carbocycles. The van der Waals surface area contributed by atoms with Crippen molar-refractivity contribution < 1.29 is 20.4 Å². The first-order valence-electron chi connectivity index (χ1n) is 9.44. The van der Waals surface area contributed by atoms with Crippen molar-refractivity contribution >= 4 is 11.8 Å². The maximum atomic E-state index is 10.8. The molecule has 0 aromatic heterocycles. The summed E-state index contributed by atoms with van der Waals surface area (Å²) >= 11 is 1.36. The zero-order chi connectivity index (χ0) is 21.5. The van der Waals surface area contributed by atoms with Crippen LogP contribution in [0.3, 0.4) is 0 Å². The summed E-state index contributed by atoms with van der Waals surface area (Å²) < 4.78 is 0. The molecule has 4 N–H and O–H groups in total. The Kier molecular flexibility index (Phi) is 6.39. The lowest BCUT2D eigenvalue weighted by molar-refractivity contribution is 0.0662. The summed E-state index contributed by atoms with van der Waals surface area (Å²) in [5, 5.41) is 42.6. The van der Waals surface area contributed by atoms with E-state index in [0.717, 1.165) is 9.79 Å². The first kappa shape index (κ1) is 22.9. The molecule has 28 heavy (non-hydrogen) atoms. The van der Waals surface area contributed by atoms with E-state index in [9.17, 15) is 20.4 Å². The summed E-state index contributed by atoms with van der Waals surface area (Å²) in [5.74, 6) is 0. The number of aliphatic hydroxyl groups excluding tert-OH is 1. The molecule has 0 aliphatic heterocycles. The van der Waals surface area contributed by atoms with Crippen molar-refractivity contribution in [1.82, 2.24) is 0 Å². The second kappa shape index (κ2) is 7.81. The third-order valence-corrected chi connectivity index (χ3v) is 6.00. The summed E-state index contributed by atoms with van der Waals surface area (Å²) in [4.78, 5) is 1.45. The molecule has 0 bridgehead atoms. The summed E-state index contributed by atoms with van der Waals surface area (Å²) in [6.07, 6.45) is -0.732. The molecule has 0 saturated carbocycles. The highest BCUT2D eigenvalue weighted by atomic mass is 32.2. The van der Waals surface area contributed by atoms with Gasteiger partial charge < -0.3 is 20.4 Å². The summed E-state index contributed by atoms with van der Waals surface area (Å²) in [5.41, 5.74) is -0.638. The molecule has 0 unspecified atom stereocenters. The lowest BCUT2D eigenvalue weighted by Gasteiger charge is -2.30. The minimum absolute atomic E-state index is 0.680. The summed E-state index contributed by atoms with van der Waals surface area (Å²) in [6, 6.07) is 11.0. The average Bonchev–Trinajstić information content (AvgIpc) is 2.51. The normalized spacial score (nSPS) is 14.2. The number of hydrogen-bond donors (Lipinski definition) is 4. The molecule has 0 aliphatic rings. The van der Waals surface area contributed by atoms with Crippen LogP contribution in [0.5, 0.6) is 0 Å². The van der Waals surface area contributed by atoms with Crippen molar-refractivity contribution in [2.75, 3.05) is 0 Å².